The van der Waals surface area contributed by atoms with Gasteiger partial charge in [0.2, 0.25) is 10.0 Å². The number of aromatic nitrogens is 2. The Hall–Kier alpha value is -3.98. The van der Waals surface area contributed by atoms with E-state index in [4.69, 9.17) is 0 Å². The Balaban J connectivity index is 1.96. The van der Waals surface area contributed by atoms with Crippen LogP contribution in [0, 0.1) is 6.92 Å². The van der Waals surface area contributed by atoms with Crippen LogP contribution >= 0.6 is 0 Å². The third-order valence-electron chi connectivity index (χ3n) is 5.86. The van der Waals surface area contributed by atoms with Crippen LogP contribution in [0.15, 0.2) is 59.5 Å². The minimum Gasteiger partial charge on any atom is -0.478 e. The van der Waals surface area contributed by atoms with Gasteiger partial charge in [0.25, 0.3) is 5.56 Å². The fourth-order valence-electron chi connectivity index (χ4n) is 4.07. The number of benzene rings is 2. The molecule has 0 amide bonds. The van der Waals surface area contributed by atoms with Crippen molar-refractivity contribution in [3.8, 4) is 22.3 Å². The van der Waals surface area contributed by atoms with Crippen LogP contribution in [0.25, 0.3) is 33.2 Å². The molecule has 0 bridgehead atoms. The molecule has 4 aromatic rings. The summed E-state index contributed by atoms with van der Waals surface area (Å²) < 4.78 is 25.5. The molecule has 8 nitrogen and oxygen atoms in total. The Kier molecular flexibility index (Phi) is 6.22. The van der Waals surface area contributed by atoms with E-state index in [0.29, 0.717) is 27.8 Å². The smallest absolute Gasteiger partial charge is 0.336 e. The van der Waals surface area contributed by atoms with Gasteiger partial charge in [-0.2, -0.15) is 0 Å². The van der Waals surface area contributed by atoms with Gasteiger partial charge in [-0.1, -0.05) is 26.8 Å². The quantitative estimate of drug-likeness (QED) is 0.353. The molecule has 0 radical (unpaired) electrons. The van der Waals surface area contributed by atoms with Gasteiger partial charge in [-0.25, -0.2) is 13.2 Å². The first-order valence-corrected chi connectivity index (χ1v) is 13.1. The lowest BCUT2D eigenvalue weighted by Gasteiger charge is -2.21. The van der Waals surface area contributed by atoms with Crippen molar-refractivity contribution in [2.45, 2.75) is 33.1 Å². The maximum absolute atomic E-state index is 12.8. The van der Waals surface area contributed by atoms with Crippen LogP contribution in [0.4, 0.5) is 5.69 Å². The summed E-state index contributed by atoms with van der Waals surface area (Å²) in [4.78, 5) is 32.3. The van der Waals surface area contributed by atoms with Crippen LogP contribution in [-0.4, -0.2) is 35.7 Å². The molecule has 3 N–H and O–H groups in total. The zero-order valence-corrected chi connectivity index (χ0v) is 21.4. The van der Waals surface area contributed by atoms with Crippen LogP contribution in [-0.2, 0) is 15.4 Å². The number of nitrogens with zero attached hydrogens (tertiary/aromatic N) is 1. The lowest BCUT2D eigenvalue weighted by Crippen LogP contribution is -2.14. The summed E-state index contributed by atoms with van der Waals surface area (Å²) in [6, 6.07) is 13.8. The van der Waals surface area contributed by atoms with E-state index in [0.717, 1.165) is 22.9 Å². The van der Waals surface area contributed by atoms with Gasteiger partial charge in [0.1, 0.15) is 0 Å². The summed E-state index contributed by atoms with van der Waals surface area (Å²) in [5.41, 5.74) is 4.17. The Morgan fingerprint density at radius 1 is 1.00 bits per heavy atom. The van der Waals surface area contributed by atoms with E-state index in [2.05, 4.69) is 35.5 Å². The highest BCUT2D eigenvalue weighted by Gasteiger charge is 2.20. The number of hydrogen-bond acceptors (Lipinski definition) is 5. The van der Waals surface area contributed by atoms with Crippen molar-refractivity contribution in [1.29, 1.82) is 0 Å². The predicted octanol–water partition coefficient (Wildman–Crippen LogP) is 4.93. The topological polar surface area (TPSA) is 129 Å². The highest BCUT2D eigenvalue weighted by atomic mass is 32.2. The van der Waals surface area contributed by atoms with E-state index >= 15 is 0 Å². The van der Waals surface area contributed by atoms with Crippen LogP contribution in [0.1, 0.15) is 42.4 Å². The van der Waals surface area contributed by atoms with Crippen molar-refractivity contribution in [1.82, 2.24) is 9.97 Å². The van der Waals surface area contributed by atoms with Crippen LogP contribution in [0.3, 0.4) is 0 Å². The van der Waals surface area contributed by atoms with Gasteiger partial charge in [-0.05, 0) is 65.9 Å². The van der Waals surface area contributed by atoms with Crippen molar-refractivity contribution in [3.63, 3.8) is 0 Å². The fourth-order valence-corrected chi connectivity index (χ4v) is 4.63. The first-order valence-electron chi connectivity index (χ1n) is 11.2. The fraction of sp³-hybridized carbons (Fsp3) is 0.222. The molecule has 9 heteroatoms. The second kappa shape index (κ2) is 8.91. The molecule has 0 aliphatic heterocycles. The number of rotatable bonds is 5. The molecule has 186 valence electrons. The van der Waals surface area contributed by atoms with E-state index < -0.39 is 16.0 Å². The molecule has 0 saturated carbocycles. The Bertz CT molecular complexity index is 1680. The summed E-state index contributed by atoms with van der Waals surface area (Å²) >= 11 is 0. The molecule has 2 aromatic heterocycles. The highest BCUT2D eigenvalue weighted by Crippen LogP contribution is 2.35. The van der Waals surface area contributed by atoms with E-state index in [1.165, 1.54) is 12.1 Å². The van der Waals surface area contributed by atoms with E-state index in [1.54, 1.807) is 18.3 Å². The Labute approximate surface area is 209 Å². The van der Waals surface area contributed by atoms with Crippen LogP contribution in [0.2, 0.25) is 0 Å². The molecule has 0 aliphatic carbocycles. The van der Waals surface area contributed by atoms with Crippen molar-refractivity contribution in [2.75, 3.05) is 11.0 Å². The molecule has 2 heterocycles. The lowest BCUT2D eigenvalue weighted by molar-refractivity contribution is 0.0697. The number of nitrogens with one attached hydrogen (secondary N) is 2. The van der Waals surface area contributed by atoms with Crippen molar-refractivity contribution >= 4 is 32.6 Å². The molecule has 0 saturated heterocycles. The van der Waals surface area contributed by atoms with Crippen LogP contribution < -0.4 is 10.3 Å². The van der Waals surface area contributed by atoms with E-state index in [-0.39, 0.29) is 22.2 Å². The zero-order chi connectivity index (χ0) is 26.4. The number of H-pyrrole nitrogens is 1. The molecule has 0 unspecified atom stereocenters. The summed E-state index contributed by atoms with van der Waals surface area (Å²) in [6.07, 6.45) is 2.56. The molecular weight excluding hydrogens is 478 g/mol. The standard InChI is InChI=1S/C27H27N3O5S/c1-15-6-8-21(25(31)29-15)22-12-18(27(2,3)4)11-16-10-17(14-28-24(16)22)20-9-7-19(30-36(5,34)35)13-23(20)26(32)33/h6-14,30H,1-5H3,(H,29,31)(H,32,33). The maximum atomic E-state index is 12.8. The van der Waals surface area contributed by atoms with Gasteiger partial charge in [-0.15, -0.1) is 0 Å². The Morgan fingerprint density at radius 3 is 2.31 bits per heavy atom. The van der Waals surface area contributed by atoms with E-state index in [9.17, 15) is 23.1 Å². The number of anilines is 1. The molecule has 0 spiro atoms. The van der Waals surface area contributed by atoms with Gasteiger partial charge in [0.15, 0.2) is 0 Å². The highest BCUT2D eigenvalue weighted by molar-refractivity contribution is 7.92. The summed E-state index contributed by atoms with van der Waals surface area (Å²) in [6.45, 7) is 8.04. The number of carboxylic acids is 1. The van der Waals surface area contributed by atoms with Crippen molar-refractivity contribution in [3.05, 3.63) is 81.9 Å². The van der Waals surface area contributed by atoms with Crippen LogP contribution in [0.5, 0.6) is 0 Å². The average Bonchev–Trinajstić information content (AvgIpc) is 2.76. The van der Waals surface area contributed by atoms with Gasteiger partial charge in [0, 0.05) is 39.7 Å². The minimum absolute atomic E-state index is 0.0630. The largest absolute Gasteiger partial charge is 0.478 e. The third-order valence-corrected chi connectivity index (χ3v) is 6.47. The third kappa shape index (κ3) is 5.16. The summed E-state index contributed by atoms with van der Waals surface area (Å²) in [5.74, 6) is -1.20. The number of carbonyl (C=O) groups is 1. The number of fused-ring (bicyclic) bond motifs is 1. The molecule has 0 atom stereocenters. The van der Waals surface area contributed by atoms with Crippen molar-refractivity contribution in [2.24, 2.45) is 0 Å². The van der Waals surface area contributed by atoms with Gasteiger partial charge in [0.05, 0.1) is 17.3 Å². The number of aryl methyl sites for hydroxylation is 1. The first-order chi connectivity index (χ1) is 16.7. The average molecular weight is 506 g/mol. The summed E-state index contributed by atoms with van der Waals surface area (Å²) in [5, 5.41) is 10.6. The second-order valence-corrected chi connectivity index (χ2v) is 11.6. The predicted molar refractivity (Wildman–Crippen MR) is 142 cm³/mol. The lowest BCUT2D eigenvalue weighted by atomic mass is 9.84. The second-order valence-electron chi connectivity index (χ2n) is 9.89. The molecule has 0 fully saturated rings. The monoisotopic (exact) mass is 505 g/mol. The molecule has 0 aliphatic rings. The zero-order valence-electron chi connectivity index (χ0n) is 20.6. The number of carboxylic acid groups (broad SMARTS) is 1. The number of aromatic carboxylic acids is 1. The molecule has 2 aromatic carbocycles. The maximum Gasteiger partial charge on any atom is 0.336 e. The van der Waals surface area contributed by atoms with E-state index in [1.807, 2.05) is 31.2 Å². The number of sulfonamides is 1. The first kappa shape index (κ1) is 25.1. The van der Waals surface area contributed by atoms with Gasteiger partial charge in [-0.3, -0.25) is 14.5 Å². The molecule has 4 rings (SSSR count). The number of pyridine rings is 2. The molecule has 36 heavy (non-hydrogen) atoms. The van der Waals surface area contributed by atoms with Crippen molar-refractivity contribution < 1.29 is 18.3 Å². The number of hydrogen-bond donors (Lipinski definition) is 3. The van der Waals surface area contributed by atoms with Gasteiger partial charge >= 0.3 is 5.97 Å². The number of aromatic amines is 1. The SMILES string of the molecule is Cc1ccc(-c2cc(C(C)(C)C)cc3cc(-c4ccc(NS(C)(=O)=O)cc4C(=O)O)cnc23)c(=O)[nH]1. The Morgan fingerprint density at radius 2 is 1.69 bits per heavy atom. The summed E-state index contributed by atoms with van der Waals surface area (Å²) in [7, 11) is -3.57. The normalized spacial score (nSPS) is 12.0. The molecular formula is C27H27N3O5S. The van der Waals surface area contributed by atoms with Gasteiger partial charge < -0.3 is 10.1 Å². The minimum atomic E-state index is -3.57.